The van der Waals surface area contributed by atoms with Gasteiger partial charge in [-0.1, -0.05) is 19.8 Å². The molecule has 4 heteroatoms. The van der Waals surface area contributed by atoms with Crippen LogP contribution in [0.5, 0.6) is 11.5 Å². The molecule has 0 aliphatic rings. The molecule has 0 aliphatic carbocycles. The number of ether oxygens (including phenoxy) is 4. The van der Waals surface area contributed by atoms with Crippen LogP contribution >= 0.6 is 0 Å². The third-order valence-corrected chi connectivity index (χ3v) is 2.51. The summed E-state index contributed by atoms with van der Waals surface area (Å²) >= 11 is 0. The van der Waals surface area contributed by atoms with E-state index in [9.17, 15) is 0 Å². The maximum Gasteiger partial charge on any atom is 0.188 e. The van der Waals surface area contributed by atoms with E-state index in [1.807, 2.05) is 12.1 Å². The molecule has 0 heterocycles. The van der Waals surface area contributed by atoms with Crippen LogP contribution in [0, 0.1) is 12.3 Å². The highest BCUT2D eigenvalue weighted by molar-refractivity contribution is 5.53. The molecule has 0 spiro atoms. The van der Waals surface area contributed by atoms with Crippen molar-refractivity contribution >= 4 is 0 Å². The van der Waals surface area contributed by atoms with Crippen molar-refractivity contribution in [2.24, 2.45) is 0 Å². The van der Waals surface area contributed by atoms with Crippen molar-refractivity contribution in [3.8, 4) is 23.8 Å². The topological polar surface area (TPSA) is 36.9 Å². The zero-order valence-corrected chi connectivity index (χ0v) is 11.9. The summed E-state index contributed by atoms with van der Waals surface area (Å²) in [5.74, 6) is 4.17. The number of benzene rings is 1. The molecule has 0 unspecified atom stereocenters. The zero-order chi connectivity index (χ0) is 14.3. The third-order valence-electron chi connectivity index (χ3n) is 2.51. The number of terminal acetylenes is 1. The highest BCUT2D eigenvalue weighted by Crippen LogP contribution is 2.36. The number of hydrogen-bond donors (Lipinski definition) is 0. The van der Waals surface area contributed by atoms with Gasteiger partial charge in [-0.25, -0.2) is 0 Å². The van der Waals surface area contributed by atoms with Crippen LogP contribution in [0.2, 0.25) is 0 Å². The lowest BCUT2D eigenvalue weighted by atomic mass is 9.99. The van der Waals surface area contributed by atoms with Crippen LogP contribution in [-0.2, 0) is 9.47 Å². The minimum absolute atomic E-state index is 0.164. The first-order chi connectivity index (χ1) is 9.13. The summed E-state index contributed by atoms with van der Waals surface area (Å²) in [7, 11) is 3.14. The van der Waals surface area contributed by atoms with E-state index in [-0.39, 0.29) is 19.5 Å². The normalized spacial score (nSPS) is 10.3. The molecule has 4 nitrogen and oxygen atoms in total. The molecule has 1 aromatic carbocycles. The molecular weight excluding hydrogens is 244 g/mol. The Balaban J connectivity index is 3.21. The van der Waals surface area contributed by atoms with Gasteiger partial charge in [-0.2, -0.15) is 0 Å². The molecule has 0 bridgehead atoms. The standard InChI is InChI=1S/C15H20O4/c1-6-12-7-13(18-9-16-4)15(11(2)3)14(8-12)19-10-17-5/h1,7-8,11H,9-10H2,2-5H3. The molecule has 1 rings (SSSR count). The summed E-state index contributed by atoms with van der Waals surface area (Å²) in [5, 5.41) is 0. The van der Waals surface area contributed by atoms with Gasteiger partial charge in [0.1, 0.15) is 11.5 Å². The molecule has 0 aromatic heterocycles. The molecule has 0 saturated heterocycles. The largest absolute Gasteiger partial charge is 0.467 e. The molecule has 0 N–H and O–H groups in total. The van der Waals surface area contributed by atoms with E-state index in [2.05, 4.69) is 19.8 Å². The van der Waals surface area contributed by atoms with E-state index in [4.69, 9.17) is 25.4 Å². The highest BCUT2D eigenvalue weighted by Gasteiger charge is 2.16. The Kier molecular flexibility index (Phi) is 6.20. The maximum absolute atomic E-state index is 5.57. The second kappa shape index (κ2) is 7.67. The van der Waals surface area contributed by atoms with Crippen molar-refractivity contribution in [1.29, 1.82) is 0 Å². The predicted octanol–water partition coefficient (Wildman–Crippen LogP) is 2.76. The Morgan fingerprint density at radius 1 is 1.05 bits per heavy atom. The predicted molar refractivity (Wildman–Crippen MR) is 73.5 cm³/mol. The van der Waals surface area contributed by atoms with Gasteiger partial charge in [-0.05, 0) is 18.1 Å². The lowest BCUT2D eigenvalue weighted by molar-refractivity contribution is 0.0443. The number of hydrogen-bond acceptors (Lipinski definition) is 4. The molecular formula is C15H20O4. The van der Waals surface area contributed by atoms with Crippen molar-refractivity contribution in [2.75, 3.05) is 27.8 Å². The molecule has 0 amide bonds. The van der Waals surface area contributed by atoms with Gasteiger partial charge in [0.2, 0.25) is 0 Å². The van der Waals surface area contributed by atoms with E-state index < -0.39 is 0 Å². The Hall–Kier alpha value is -1.70. The lowest BCUT2D eigenvalue weighted by Crippen LogP contribution is -2.07. The third kappa shape index (κ3) is 4.16. The fourth-order valence-corrected chi connectivity index (χ4v) is 1.74. The first-order valence-corrected chi connectivity index (χ1v) is 6.02. The molecule has 19 heavy (non-hydrogen) atoms. The highest BCUT2D eigenvalue weighted by atomic mass is 16.7. The summed E-state index contributed by atoms with van der Waals surface area (Å²) in [6, 6.07) is 3.63. The number of rotatable bonds is 7. The maximum atomic E-state index is 5.57. The van der Waals surface area contributed by atoms with E-state index >= 15 is 0 Å². The van der Waals surface area contributed by atoms with Crippen LogP contribution < -0.4 is 9.47 Å². The van der Waals surface area contributed by atoms with E-state index in [0.29, 0.717) is 17.1 Å². The van der Waals surface area contributed by atoms with E-state index in [1.54, 1.807) is 14.2 Å². The SMILES string of the molecule is C#Cc1cc(OCOC)c(C(C)C)c(OCOC)c1. The Morgan fingerprint density at radius 2 is 1.53 bits per heavy atom. The summed E-state index contributed by atoms with van der Waals surface area (Å²) in [5.41, 5.74) is 1.65. The van der Waals surface area contributed by atoms with Crippen LogP contribution in [-0.4, -0.2) is 27.8 Å². The van der Waals surface area contributed by atoms with Gasteiger partial charge in [0.25, 0.3) is 0 Å². The number of methoxy groups -OCH3 is 2. The van der Waals surface area contributed by atoms with Crippen molar-refractivity contribution in [2.45, 2.75) is 19.8 Å². The smallest absolute Gasteiger partial charge is 0.188 e. The van der Waals surface area contributed by atoms with Crippen molar-refractivity contribution in [3.05, 3.63) is 23.3 Å². The second-order valence-electron chi connectivity index (χ2n) is 4.29. The van der Waals surface area contributed by atoms with Gasteiger partial charge >= 0.3 is 0 Å². The fourth-order valence-electron chi connectivity index (χ4n) is 1.74. The first kappa shape index (κ1) is 15.4. The second-order valence-corrected chi connectivity index (χ2v) is 4.29. The molecule has 0 aliphatic heterocycles. The van der Waals surface area contributed by atoms with Crippen molar-refractivity contribution < 1.29 is 18.9 Å². The minimum Gasteiger partial charge on any atom is -0.467 e. The molecule has 0 radical (unpaired) electrons. The van der Waals surface area contributed by atoms with Gasteiger partial charge in [0, 0.05) is 25.3 Å². The quantitative estimate of drug-likeness (QED) is 0.560. The van der Waals surface area contributed by atoms with Gasteiger partial charge in [0.15, 0.2) is 13.6 Å². The molecule has 104 valence electrons. The lowest BCUT2D eigenvalue weighted by Gasteiger charge is -2.18. The van der Waals surface area contributed by atoms with Crippen LogP contribution in [0.1, 0.15) is 30.9 Å². The van der Waals surface area contributed by atoms with Crippen molar-refractivity contribution in [1.82, 2.24) is 0 Å². The van der Waals surface area contributed by atoms with Gasteiger partial charge in [-0.15, -0.1) is 6.42 Å². The Bertz CT molecular complexity index is 417. The van der Waals surface area contributed by atoms with Crippen molar-refractivity contribution in [3.63, 3.8) is 0 Å². The van der Waals surface area contributed by atoms with Crippen LogP contribution in [0.25, 0.3) is 0 Å². The van der Waals surface area contributed by atoms with Gasteiger partial charge in [0.05, 0.1) is 0 Å². The van der Waals surface area contributed by atoms with Crippen LogP contribution in [0.15, 0.2) is 12.1 Å². The average molecular weight is 264 g/mol. The first-order valence-electron chi connectivity index (χ1n) is 6.02. The Labute approximate surface area is 114 Å². The van der Waals surface area contributed by atoms with Crippen LogP contribution in [0.3, 0.4) is 0 Å². The van der Waals surface area contributed by atoms with E-state index in [1.165, 1.54) is 0 Å². The molecule has 0 fully saturated rings. The minimum atomic E-state index is 0.164. The Morgan fingerprint density at radius 3 is 1.84 bits per heavy atom. The molecule has 0 saturated carbocycles. The summed E-state index contributed by atoms with van der Waals surface area (Å²) in [6.07, 6.45) is 5.45. The fraction of sp³-hybridized carbons (Fsp3) is 0.467. The summed E-state index contributed by atoms with van der Waals surface area (Å²) in [4.78, 5) is 0. The molecule has 1 aromatic rings. The summed E-state index contributed by atoms with van der Waals surface area (Å²) in [6.45, 7) is 4.45. The summed E-state index contributed by atoms with van der Waals surface area (Å²) < 4.78 is 21.0. The van der Waals surface area contributed by atoms with E-state index in [0.717, 1.165) is 5.56 Å². The van der Waals surface area contributed by atoms with Crippen LogP contribution in [0.4, 0.5) is 0 Å². The van der Waals surface area contributed by atoms with Gasteiger partial charge < -0.3 is 18.9 Å². The molecule has 0 atom stereocenters. The monoisotopic (exact) mass is 264 g/mol. The van der Waals surface area contributed by atoms with Gasteiger partial charge in [-0.3, -0.25) is 0 Å². The zero-order valence-electron chi connectivity index (χ0n) is 11.9. The average Bonchev–Trinajstić information content (AvgIpc) is 2.41.